The van der Waals surface area contributed by atoms with Crippen LogP contribution >= 0.6 is 0 Å². The van der Waals surface area contributed by atoms with E-state index in [0.29, 0.717) is 17.7 Å². The van der Waals surface area contributed by atoms with Crippen LogP contribution in [0.4, 0.5) is 4.79 Å². The molecule has 2 fully saturated rings. The van der Waals surface area contributed by atoms with Crippen molar-refractivity contribution in [1.29, 1.82) is 0 Å². The normalized spacial score (nSPS) is 24.0. The number of methoxy groups -OCH3 is 1. The fourth-order valence-corrected chi connectivity index (χ4v) is 4.15. The first kappa shape index (κ1) is 20.2. The minimum Gasteiger partial charge on any atom is -0.497 e. The summed E-state index contributed by atoms with van der Waals surface area (Å²) in [5.41, 5.74) is -0.487. The number of carbonyl (C=O) groups excluding carboxylic acids is 3. The summed E-state index contributed by atoms with van der Waals surface area (Å²) in [6.07, 6.45) is 5.66. The molecule has 2 N–H and O–H groups in total. The van der Waals surface area contributed by atoms with Crippen LogP contribution in [0.3, 0.4) is 0 Å². The predicted octanol–water partition coefficient (Wildman–Crippen LogP) is 2.69. The second-order valence-electron chi connectivity index (χ2n) is 7.61. The van der Waals surface area contributed by atoms with E-state index in [2.05, 4.69) is 10.6 Å². The number of imide groups is 1. The lowest BCUT2D eigenvalue weighted by Crippen LogP contribution is -2.51. The molecule has 1 heterocycles. The fourth-order valence-electron chi connectivity index (χ4n) is 4.15. The van der Waals surface area contributed by atoms with Crippen molar-refractivity contribution in [3.05, 3.63) is 29.8 Å². The molecular formula is C21H29N3O4. The van der Waals surface area contributed by atoms with E-state index < -0.39 is 23.5 Å². The van der Waals surface area contributed by atoms with Gasteiger partial charge in [-0.1, -0.05) is 38.3 Å². The quantitative estimate of drug-likeness (QED) is 0.735. The number of carbonyl (C=O) groups is 3. The Hall–Kier alpha value is -2.57. The minimum atomic E-state index is -1.16. The van der Waals surface area contributed by atoms with Crippen molar-refractivity contribution in [2.45, 2.75) is 70.0 Å². The lowest BCUT2D eigenvalue weighted by molar-refractivity contribution is -0.138. The smallest absolute Gasteiger partial charge is 0.326 e. The number of nitrogens with one attached hydrogen (secondary N) is 2. The Bertz CT molecular complexity index is 743. The van der Waals surface area contributed by atoms with E-state index in [9.17, 15) is 14.4 Å². The maximum Gasteiger partial charge on any atom is 0.326 e. The molecule has 1 aliphatic heterocycles. The highest BCUT2D eigenvalue weighted by molar-refractivity contribution is 6.10. The third-order valence-corrected chi connectivity index (χ3v) is 5.95. The summed E-state index contributed by atoms with van der Waals surface area (Å²) in [7, 11) is 1.57. The average Bonchev–Trinajstić information content (AvgIpc) is 2.98. The summed E-state index contributed by atoms with van der Waals surface area (Å²) in [5.74, 6) is -0.00245. The molecule has 4 amide bonds. The molecule has 7 heteroatoms. The number of ether oxygens (including phenoxy) is 1. The molecular weight excluding hydrogens is 358 g/mol. The van der Waals surface area contributed by atoms with E-state index in [0.717, 1.165) is 30.6 Å². The molecule has 3 rings (SSSR count). The van der Waals surface area contributed by atoms with Gasteiger partial charge >= 0.3 is 6.03 Å². The van der Waals surface area contributed by atoms with Crippen LogP contribution in [0, 0.1) is 0 Å². The zero-order valence-electron chi connectivity index (χ0n) is 16.8. The topological polar surface area (TPSA) is 87.7 Å². The summed E-state index contributed by atoms with van der Waals surface area (Å²) in [6.45, 7) is 3.45. The molecule has 1 saturated heterocycles. The Morgan fingerprint density at radius 1 is 1.25 bits per heavy atom. The molecule has 1 aromatic rings. The molecule has 0 bridgehead atoms. The second-order valence-corrected chi connectivity index (χ2v) is 7.61. The van der Waals surface area contributed by atoms with Gasteiger partial charge in [0.2, 0.25) is 5.91 Å². The molecule has 2 aliphatic rings. The van der Waals surface area contributed by atoms with Crippen LogP contribution in [-0.2, 0) is 15.1 Å². The molecule has 1 aromatic carbocycles. The molecule has 1 aliphatic carbocycles. The summed E-state index contributed by atoms with van der Waals surface area (Å²) in [4.78, 5) is 39.7. The highest BCUT2D eigenvalue weighted by atomic mass is 16.5. The van der Waals surface area contributed by atoms with E-state index in [4.69, 9.17) is 4.74 Å². The highest BCUT2D eigenvalue weighted by Crippen LogP contribution is 2.34. The lowest BCUT2D eigenvalue weighted by Gasteiger charge is -2.29. The summed E-state index contributed by atoms with van der Waals surface area (Å²) in [6, 6.07) is 5.80. The fraction of sp³-hybridized carbons (Fsp3) is 0.571. The highest BCUT2D eigenvalue weighted by Gasteiger charge is 2.53. The average molecular weight is 387 g/mol. The van der Waals surface area contributed by atoms with Crippen molar-refractivity contribution in [3.63, 3.8) is 0 Å². The molecule has 0 aromatic heterocycles. The Balaban J connectivity index is 1.79. The Kier molecular flexibility index (Phi) is 5.91. The van der Waals surface area contributed by atoms with E-state index in [-0.39, 0.29) is 11.9 Å². The van der Waals surface area contributed by atoms with E-state index in [1.807, 2.05) is 6.92 Å². The van der Waals surface area contributed by atoms with Crippen LogP contribution in [0.15, 0.2) is 24.3 Å². The number of rotatable bonds is 6. The number of amides is 4. The van der Waals surface area contributed by atoms with Gasteiger partial charge in [-0.05, 0) is 43.9 Å². The van der Waals surface area contributed by atoms with E-state index in [1.165, 1.54) is 6.42 Å². The lowest BCUT2D eigenvalue weighted by atomic mass is 9.87. The zero-order chi connectivity index (χ0) is 20.3. The van der Waals surface area contributed by atoms with Crippen molar-refractivity contribution in [2.24, 2.45) is 0 Å². The summed E-state index contributed by atoms with van der Waals surface area (Å²) in [5, 5.41) is 5.83. The van der Waals surface area contributed by atoms with Crippen molar-refractivity contribution in [1.82, 2.24) is 15.5 Å². The molecule has 1 saturated carbocycles. The van der Waals surface area contributed by atoms with Gasteiger partial charge in [-0.15, -0.1) is 0 Å². The van der Waals surface area contributed by atoms with Crippen LogP contribution in [0.5, 0.6) is 5.75 Å². The van der Waals surface area contributed by atoms with Crippen molar-refractivity contribution < 1.29 is 19.1 Å². The van der Waals surface area contributed by atoms with Crippen LogP contribution in [0.2, 0.25) is 0 Å². The monoisotopic (exact) mass is 387 g/mol. The molecule has 0 radical (unpaired) electrons. The molecule has 2 atom stereocenters. The SMILES string of the molecule is CCC1(c2ccc(OC)cc2)NC(=O)N(C(C)C(=O)NC2CCCCC2)C1=O. The molecule has 28 heavy (non-hydrogen) atoms. The van der Waals surface area contributed by atoms with Crippen molar-refractivity contribution >= 4 is 17.8 Å². The van der Waals surface area contributed by atoms with Gasteiger partial charge in [-0.2, -0.15) is 0 Å². The first-order chi connectivity index (χ1) is 13.4. The van der Waals surface area contributed by atoms with Crippen LogP contribution < -0.4 is 15.4 Å². The van der Waals surface area contributed by atoms with E-state index in [1.54, 1.807) is 38.3 Å². The van der Waals surface area contributed by atoms with E-state index >= 15 is 0 Å². The Morgan fingerprint density at radius 2 is 1.89 bits per heavy atom. The van der Waals surface area contributed by atoms with Gasteiger partial charge in [0, 0.05) is 6.04 Å². The Labute approximate surface area is 165 Å². The van der Waals surface area contributed by atoms with Gasteiger partial charge < -0.3 is 15.4 Å². The van der Waals surface area contributed by atoms with Crippen LogP contribution in [-0.4, -0.2) is 41.9 Å². The number of benzene rings is 1. The molecule has 7 nitrogen and oxygen atoms in total. The van der Waals surface area contributed by atoms with Gasteiger partial charge in [-0.3, -0.25) is 9.59 Å². The third kappa shape index (κ3) is 3.57. The van der Waals surface area contributed by atoms with Crippen molar-refractivity contribution in [2.75, 3.05) is 7.11 Å². The number of hydrogen-bond donors (Lipinski definition) is 2. The van der Waals surface area contributed by atoms with Gasteiger partial charge in [0.15, 0.2) is 0 Å². The predicted molar refractivity (Wildman–Crippen MR) is 105 cm³/mol. The molecule has 152 valence electrons. The van der Waals surface area contributed by atoms with Crippen molar-refractivity contribution in [3.8, 4) is 5.75 Å². The molecule has 0 spiro atoms. The zero-order valence-corrected chi connectivity index (χ0v) is 16.8. The minimum absolute atomic E-state index is 0.127. The van der Waals surface area contributed by atoms with Gasteiger partial charge in [0.05, 0.1) is 7.11 Å². The van der Waals surface area contributed by atoms with Crippen LogP contribution in [0.1, 0.15) is 57.9 Å². The van der Waals surface area contributed by atoms with Gasteiger partial charge in [0.25, 0.3) is 5.91 Å². The largest absolute Gasteiger partial charge is 0.497 e. The first-order valence-corrected chi connectivity index (χ1v) is 10.0. The molecule has 2 unspecified atom stereocenters. The third-order valence-electron chi connectivity index (χ3n) is 5.95. The standard InChI is InChI=1S/C21H29N3O4/c1-4-21(15-10-12-17(28-3)13-11-15)19(26)24(20(27)23-21)14(2)18(25)22-16-8-6-5-7-9-16/h10-14,16H,4-9H2,1-3H3,(H,22,25)(H,23,27). The Morgan fingerprint density at radius 3 is 2.46 bits per heavy atom. The number of urea groups is 1. The maximum atomic E-state index is 13.3. The number of nitrogens with zero attached hydrogens (tertiary/aromatic N) is 1. The second kappa shape index (κ2) is 8.20. The first-order valence-electron chi connectivity index (χ1n) is 10.0. The van der Waals surface area contributed by atoms with Crippen LogP contribution in [0.25, 0.3) is 0 Å². The number of hydrogen-bond acceptors (Lipinski definition) is 4. The van der Waals surface area contributed by atoms with Gasteiger partial charge in [-0.25, -0.2) is 9.69 Å². The summed E-state index contributed by atoms with van der Waals surface area (Å²) < 4.78 is 5.17. The summed E-state index contributed by atoms with van der Waals surface area (Å²) >= 11 is 0. The van der Waals surface area contributed by atoms with Gasteiger partial charge in [0.1, 0.15) is 17.3 Å². The maximum absolute atomic E-state index is 13.3.